The molecule has 9 heteroatoms. The molecule has 1 aromatic carbocycles. The fourth-order valence-corrected chi connectivity index (χ4v) is 3.79. The van der Waals surface area contributed by atoms with Crippen LogP contribution in [0.5, 0.6) is 5.75 Å². The van der Waals surface area contributed by atoms with Crippen molar-refractivity contribution in [2.75, 3.05) is 47.6 Å². The van der Waals surface area contributed by atoms with E-state index in [0.717, 1.165) is 24.2 Å². The van der Waals surface area contributed by atoms with Gasteiger partial charge in [0, 0.05) is 31.7 Å². The molecule has 1 aliphatic heterocycles. The average molecular weight is 414 g/mol. The molecule has 0 bridgehead atoms. The minimum atomic E-state index is -0.520. The summed E-state index contributed by atoms with van der Waals surface area (Å²) in [5, 5.41) is 0. The molecule has 2 aromatic heterocycles. The fourth-order valence-electron chi connectivity index (χ4n) is 3.79. The highest BCUT2D eigenvalue weighted by Gasteiger charge is 2.24. The van der Waals surface area contributed by atoms with E-state index in [1.807, 2.05) is 23.4 Å². The Morgan fingerprint density at radius 2 is 2.07 bits per heavy atom. The van der Waals surface area contributed by atoms with Crippen LogP contribution in [-0.4, -0.2) is 72.8 Å². The van der Waals surface area contributed by atoms with Crippen LogP contribution in [0.4, 0.5) is 0 Å². The third-order valence-corrected chi connectivity index (χ3v) is 5.40. The molecule has 0 spiro atoms. The van der Waals surface area contributed by atoms with Gasteiger partial charge in [0.2, 0.25) is 0 Å². The Balaban J connectivity index is 1.90. The first-order valence-corrected chi connectivity index (χ1v) is 10.0. The SMILES string of the molecule is COC(=O)c1cc2[nH]c(=O)c3cnc(C4CCOCC4)n3c2cc1OCCN(C)C. The monoisotopic (exact) mass is 414 g/mol. The van der Waals surface area contributed by atoms with E-state index >= 15 is 0 Å². The van der Waals surface area contributed by atoms with Crippen molar-refractivity contribution in [1.82, 2.24) is 19.3 Å². The third-order valence-electron chi connectivity index (χ3n) is 5.40. The van der Waals surface area contributed by atoms with Crippen molar-refractivity contribution in [1.29, 1.82) is 0 Å². The molecule has 0 unspecified atom stereocenters. The first kappa shape index (κ1) is 20.4. The van der Waals surface area contributed by atoms with Gasteiger partial charge in [0.05, 0.1) is 24.3 Å². The van der Waals surface area contributed by atoms with Crippen LogP contribution in [0.25, 0.3) is 16.6 Å². The smallest absolute Gasteiger partial charge is 0.341 e. The summed E-state index contributed by atoms with van der Waals surface area (Å²) in [7, 11) is 5.22. The zero-order chi connectivity index (χ0) is 21.3. The van der Waals surface area contributed by atoms with Gasteiger partial charge in [-0.1, -0.05) is 0 Å². The van der Waals surface area contributed by atoms with Crippen molar-refractivity contribution in [3.8, 4) is 5.75 Å². The highest BCUT2D eigenvalue weighted by atomic mass is 16.5. The second kappa shape index (κ2) is 8.45. The van der Waals surface area contributed by atoms with Gasteiger partial charge in [0.1, 0.15) is 29.3 Å². The van der Waals surface area contributed by atoms with Crippen LogP contribution in [0.15, 0.2) is 23.1 Å². The second-order valence-electron chi connectivity index (χ2n) is 7.69. The third kappa shape index (κ3) is 3.78. The number of fused-ring (bicyclic) bond motifs is 3. The summed E-state index contributed by atoms with van der Waals surface area (Å²) in [6, 6.07) is 3.39. The normalized spacial score (nSPS) is 15.2. The van der Waals surface area contributed by atoms with Crippen molar-refractivity contribution in [3.63, 3.8) is 0 Å². The van der Waals surface area contributed by atoms with Crippen LogP contribution in [-0.2, 0) is 9.47 Å². The van der Waals surface area contributed by atoms with Crippen LogP contribution in [0.1, 0.15) is 34.9 Å². The Bertz CT molecular complexity index is 1130. The molecule has 0 saturated carbocycles. The Kier molecular flexibility index (Phi) is 5.74. The van der Waals surface area contributed by atoms with Crippen LogP contribution in [0, 0.1) is 0 Å². The molecule has 3 heterocycles. The number of rotatable bonds is 6. The summed E-state index contributed by atoms with van der Waals surface area (Å²) in [6.07, 6.45) is 3.30. The number of imidazole rings is 1. The molecule has 3 aromatic rings. The van der Waals surface area contributed by atoms with Crippen LogP contribution < -0.4 is 10.3 Å². The lowest BCUT2D eigenvalue weighted by Gasteiger charge is -2.21. The number of carbonyl (C=O) groups excluding carboxylic acids is 1. The molecule has 1 fully saturated rings. The lowest BCUT2D eigenvalue weighted by atomic mass is 9.99. The maximum Gasteiger partial charge on any atom is 0.341 e. The van der Waals surface area contributed by atoms with E-state index in [-0.39, 0.29) is 17.0 Å². The summed E-state index contributed by atoms with van der Waals surface area (Å²) in [6.45, 7) is 2.45. The molecule has 0 aliphatic carbocycles. The summed E-state index contributed by atoms with van der Waals surface area (Å²) < 4.78 is 18.2. The number of nitrogens with zero attached hydrogens (tertiary/aromatic N) is 3. The van der Waals surface area contributed by atoms with Crippen LogP contribution in [0.2, 0.25) is 0 Å². The Morgan fingerprint density at radius 1 is 1.30 bits per heavy atom. The maximum absolute atomic E-state index is 12.7. The summed E-state index contributed by atoms with van der Waals surface area (Å²) in [4.78, 5) is 34.4. The topological polar surface area (TPSA) is 98.2 Å². The number of benzene rings is 1. The van der Waals surface area contributed by atoms with Crippen LogP contribution in [0.3, 0.4) is 0 Å². The number of nitrogens with one attached hydrogen (secondary N) is 1. The number of carbonyl (C=O) groups is 1. The van der Waals surface area contributed by atoms with Gasteiger partial charge in [0.15, 0.2) is 0 Å². The minimum absolute atomic E-state index is 0.199. The van der Waals surface area contributed by atoms with Crippen molar-refractivity contribution in [2.45, 2.75) is 18.8 Å². The molecule has 160 valence electrons. The maximum atomic E-state index is 12.7. The highest BCUT2D eigenvalue weighted by molar-refractivity contribution is 5.97. The van der Waals surface area contributed by atoms with Crippen molar-refractivity contribution in [2.24, 2.45) is 0 Å². The summed E-state index contributed by atoms with van der Waals surface area (Å²) in [5.74, 6) is 0.920. The van der Waals surface area contributed by atoms with E-state index in [1.54, 1.807) is 18.3 Å². The van der Waals surface area contributed by atoms with Gasteiger partial charge in [0.25, 0.3) is 5.56 Å². The lowest BCUT2D eigenvalue weighted by Crippen LogP contribution is -2.21. The number of likely N-dealkylation sites (N-methyl/N-ethyl adjacent to an activating group) is 1. The van der Waals surface area contributed by atoms with E-state index < -0.39 is 5.97 Å². The van der Waals surface area contributed by atoms with Gasteiger partial charge in [-0.15, -0.1) is 0 Å². The minimum Gasteiger partial charge on any atom is -0.491 e. The van der Waals surface area contributed by atoms with Gasteiger partial charge in [-0.2, -0.15) is 0 Å². The quantitative estimate of drug-likeness (QED) is 0.614. The molecule has 0 atom stereocenters. The largest absolute Gasteiger partial charge is 0.491 e. The molecule has 4 rings (SSSR count). The Morgan fingerprint density at radius 3 is 2.77 bits per heavy atom. The number of H-pyrrole nitrogens is 1. The van der Waals surface area contributed by atoms with Gasteiger partial charge in [-0.05, 0) is 33.0 Å². The van der Waals surface area contributed by atoms with E-state index in [9.17, 15) is 9.59 Å². The predicted octanol–water partition coefficient (Wildman–Crippen LogP) is 1.80. The predicted molar refractivity (Wildman–Crippen MR) is 112 cm³/mol. The zero-order valence-electron chi connectivity index (χ0n) is 17.4. The molecule has 1 N–H and O–H groups in total. The van der Waals surface area contributed by atoms with E-state index in [2.05, 4.69) is 9.97 Å². The van der Waals surface area contributed by atoms with Gasteiger partial charge < -0.3 is 24.1 Å². The Hall–Kier alpha value is -2.91. The highest BCUT2D eigenvalue weighted by Crippen LogP contribution is 2.31. The van der Waals surface area contributed by atoms with Gasteiger partial charge in [-0.25, -0.2) is 9.78 Å². The van der Waals surface area contributed by atoms with Crippen molar-refractivity contribution >= 4 is 22.5 Å². The zero-order valence-corrected chi connectivity index (χ0v) is 17.4. The van der Waals surface area contributed by atoms with Crippen molar-refractivity contribution in [3.05, 3.63) is 40.1 Å². The molecular weight excluding hydrogens is 388 g/mol. The van der Waals surface area contributed by atoms with Gasteiger partial charge in [-0.3, -0.25) is 9.20 Å². The number of methoxy groups -OCH3 is 1. The molecule has 0 amide bonds. The first-order valence-electron chi connectivity index (χ1n) is 10.0. The van der Waals surface area contributed by atoms with Crippen molar-refractivity contribution < 1.29 is 19.0 Å². The standard InChI is InChI=1S/C21H26N4O5/c1-24(2)6-9-30-18-11-16-15(10-14(18)21(27)28-3)23-20(26)17-12-22-19(25(16)17)13-4-7-29-8-5-13/h10-13H,4-9H2,1-3H3,(H,23,26). The fraction of sp³-hybridized carbons (Fsp3) is 0.476. The number of ether oxygens (including phenoxy) is 3. The molecule has 1 saturated heterocycles. The number of aromatic amines is 1. The number of esters is 1. The molecule has 30 heavy (non-hydrogen) atoms. The Labute approximate surface area is 173 Å². The van der Waals surface area contributed by atoms with Gasteiger partial charge >= 0.3 is 5.97 Å². The number of hydrogen-bond acceptors (Lipinski definition) is 7. The van der Waals surface area contributed by atoms with E-state index in [4.69, 9.17) is 14.2 Å². The molecule has 0 radical (unpaired) electrons. The summed E-state index contributed by atoms with van der Waals surface area (Å²) in [5.41, 5.74) is 1.74. The number of aromatic nitrogens is 3. The molecule has 9 nitrogen and oxygen atoms in total. The first-order chi connectivity index (χ1) is 14.5. The lowest BCUT2D eigenvalue weighted by molar-refractivity contribution is 0.0596. The second-order valence-corrected chi connectivity index (χ2v) is 7.69. The summed E-state index contributed by atoms with van der Waals surface area (Å²) >= 11 is 0. The average Bonchev–Trinajstić information content (AvgIpc) is 3.19. The molecule has 1 aliphatic rings. The van der Waals surface area contributed by atoms with Crippen LogP contribution >= 0.6 is 0 Å². The van der Waals surface area contributed by atoms with E-state index in [0.29, 0.717) is 43.1 Å². The number of hydrogen-bond donors (Lipinski definition) is 1. The van der Waals surface area contributed by atoms with E-state index in [1.165, 1.54) is 7.11 Å². The molecular formula is C21H26N4O5.